The summed E-state index contributed by atoms with van der Waals surface area (Å²) in [6.07, 6.45) is 1.77. The number of aromatic nitrogens is 1. The van der Waals surface area contributed by atoms with E-state index in [0.29, 0.717) is 30.9 Å². The second-order valence-corrected chi connectivity index (χ2v) is 7.90. The van der Waals surface area contributed by atoms with Crippen molar-refractivity contribution in [3.63, 3.8) is 0 Å². The summed E-state index contributed by atoms with van der Waals surface area (Å²) in [5, 5.41) is 4.37. The highest BCUT2D eigenvalue weighted by Crippen LogP contribution is 2.22. The van der Waals surface area contributed by atoms with Gasteiger partial charge in [-0.15, -0.1) is 0 Å². The first-order valence-electron chi connectivity index (χ1n) is 9.11. The number of nitrogens with zero attached hydrogens (tertiary/aromatic N) is 2. The number of ether oxygens (including phenoxy) is 1. The number of nitrogens with one attached hydrogen (secondary N) is 1. The van der Waals surface area contributed by atoms with Crippen molar-refractivity contribution in [1.29, 1.82) is 0 Å². The van der Waals surface area contributed by atoms with E-state index in [9.17, 15) is 14.4 Å². The summed E-state index contributed by atoms with van der Waals surface area (Å²) in [6, 6.07) is 6.74. The predicted octanol–water partition coefficient (Wildman–Crippen LogP) is 2.53. The van der Waals surface area contributed by atoms with Gasteiger partial charge in [-0.2, -0.15) is 0 Å². The van der Waals surface area contributed by atoms with Crippen molar-refractivity contribution in [3.8, 4) is 0 Å². The molecule has 0 aliphatic carbocycles. The third-order valence-electron chi connectivity index (χ3n) is 4.47. The number of benzene rings is 1. The fourth-order valence-electron chi connectivity index (χ4n) is 3.06. The van der Waals surface area contributed by atoms with Gasteiger partial charge in [0.1, 0.15) is 11.4 Å². The average molecular weight is 384 g/mol. The quantitative estimate of drug-likeness (QED) is 0.844. The lowest BCUT2D eigenvalue weighted by atomic mass is 10.1. The van der Waals surface area contributed by atoms with E-state index in [1.165, 1.54) is 0 Å². The normalized spacial score (nSPS) is 16.8. The monoisotopic (exact) mass is 384 g/mol. The number of nitrogens with two attached hydrogens (primary N) is 1. The molecule has 1 atom stereocenters. The summed E-state index contributed by atoms with van der Waals surface area (Å²) in [5.41, 5.74) is 5.13. The molecule has 3 N–H and O–H groups in total. The van der Waals surface area contributed by atoms with Crippen LogP contribution in [0.3, 0.4) is 0 Å². The number of primary amides is 1. The number of hydrogen-bond acceptors (Lipinski definition) is 5. The molecule has 8 heteroatoms. The summed E-state index contributed by atoms with van der Waals surface area (Å²) in [6.45, 7) is 6.20. The first kappa shape index (κ1) is 19.6. The number of rotatable bonds is 3. The van der Waals surface area contributed by atoms with Crippen LogP contribution in [0.1, 0.15) is 37.6 Å². The lowest BCUT2D eigenvalue weighted by Crippen LogP contribution is -2.36. The summed E-state index contributed by atoms with van der Waals surface area (Å²) in [7, 11) is 0. The van der Waals surface area contributed by atoms with Crippen LogP contribution in [-0.4, -0.2) is 46.5 Å². The van der Waals surface area contributed by atoms with Crippen LogP contribution < -0.4 is 11.1 Å². The molecule has 1 aliphatic rings. The van der Waals surface area contributed by atoms with Crippen molar-refractivity contribution >= 4 is 34.5 Å². The van der Waals surface area contributed by atoms with Crippen molar-refractivity contribution < 1.29 is 19.1 Å². The second-order valence-electron chi connectivity index (χ2n) is 7.90. The summed E-state index contributed by atoms with van der Waals surface area (Å²) >= 11 is 0. The minimum atomic E-state index is -0.573. The van der Waals surface area contributed by atoms with E-state index in [2.05, 4.69) is 10.3 Å². The van der Waals surface area contributed by atoms with Gasteiger partial charge in [0.25, 0.3) is 0 Å². The van der Waals surface area contributed by atoms with Crippen molar-refractivity contribution in [2.45, 2.75) is 32.8 Å². The highest BCUT2D eigenvalue weighted by molar-refractivity contribution is 5.99. The molecule has 0 saturated carbocycles. The lowest BCUT2D eigenvalue weighted by molar-refractivity contribution is -0.119. The number of amides is 3. The zero-order valence-corrected chi connectivity index (χ0v) is 16.2. The molecule has 28 heavy (non-hydrogen) atoms. The molecule has 3 rings (SSSR count). The maximum Gasteiger partial charge on any atom is 0.410 e. The van der Waals surface area contributed by atoms with Crippen molar-refractivity contribution in [1.82, 2.24) is 9.88 Å². The molecular formula is C20H24N4O4. The molecular weight excluding hydrogens is 360 g/mol. The summed E-state index contributed by atoms with van der Waals surface area (Å²) in [5.74, 6) is -0.668. The summed E-state index contributed by atoms with van der Waals surface area (Å²) in [4.78, 5) is 41.9. The van der Waals surface area contributed by atoms with Gasteiger partial charge in [0, 0.05) is 30.2 Å². The Morgan fingerprint density at radius 3 is 2.64 bits per heavy atom. The maximum atomic E-state index is 12.6. The second kappa shape index (κ2) is 7.46. The highest BCUT2D eigenvalue weighted by atomic mass is 16.6. The Balaban J connectivity index is 1.66. The van der Waals surface area contributed by atoms with Gasteiger partial charge in [-0.1, -0.05) is 6.07 Å². The average Bonchev–Trinajstić information content (AvgIpc) is 3.10. The molecule has 1 aromatic heterocycles. The molecule has 0 spiro atoms. The van der Waals surface area contributed by atoms with Crippen LogP contribution in [0.4, 0.5) is 10.6 Å². The maximum absolute atomic E-state index is 12.6. The molecule has 1 saturated heterocycles. The van der Waals surface area contributed by atoms with Crippen molar-refractivity contribution in [2.75, 3.05) is 18.4 Å². The minimum Gasteiger partial charge on any atom is -0.444 e. The van der Waals surface area contributed by atoms with Gasteiger partial charge in [-0.25, -0.2) is 9.78 Å². The van der Waals surface area contributed by atoms with E-state index in [1.54, 1.807) is 56.1 Å². The predicted molar refractivity (Wildman–Crippen MR) is 105 cm³/mol. The van der Waals surface area contributed by atoms with Gasteiger partial charge in [0.15, 0.2) is 0 Å². The molecule has 1 aromatic carbocycles. The van der Waals surface area contributed by atoms with Gasteiger partial charge in [0.05, 0.1) is 5.92 Å². The molecule has 8 nitrogen and oxygen atoms in total. The van der Waals surface area contributed by atoms with Crippen LogP contribution in [0.15, 0.2) is 30.5 Å². The molecule has 148 valence electrons. The van der Waals surface area contributed by atoms with E-state index >= 15 is 0 Å². The lowest BCUT2D eigenvalue weighted by Gasteiger charge is -2.24. The number of carbonyl (C=O) groups excluding carboxylic acids is 3. The molecule has 0 bridgehead atoms. The van der Waals surface area contributed by atoms with Crippen molar-refractivity contribution in [3.05, 3.63) is 36.0 Å². The first-order chi connectivity index (χ1) is 13.1. The molecule has 2 heterocycles. The largest absolute Gasteiger partial charge is 0.444 e. The van der Waals surface area contributed by atoms with E-state index in [1.807, 2.05) is 0 Å². The van der Waals surface area contributed by atoms with E-state index in [-0.39, 0.29) is 11.8 Å². The number of carbonyl (C=O) groups is 3. The first-order valence-corrected chi connectivity index (χ1v) is 9.11. The van der Waals surface area contributed by atoms with Crippen LogP contribution >= 0.6 is 0 Å². The number of pyridine rings is 1. The third-order valence-corrected chi connectivity index (χ3v) is 4.47. The number of likely N-dealkylation sites (tertiary alicyclic amines) is 1. The zero-order valence-electron chi connectivity index (χ0n) is 16.2. The minimum absolute atomic E-state index is 0.205. The van der Waals surface area contributed by atoms with Crippen LogP contribution in [0.5, 0.6) is 0 Å². The smallest absolute Gasteiger partial charge is 0.410 e. The van der Waals surface area contributed by atoms with E-state index in [0.717, 1.165) is 10.8 Å². The SMILES string of the molecule is CC(C)(C)OC(=O)N1CC[C@H](C(=O)Nc2cc3cc(C(N)=O)ccc3cn2)C1. The fourth-order valence-corrected chi connectivity index (χ4v) is 3.06. The fraction of sp³-hybridized carbons (Fsp3) is 0.400. The Morgan fingerprint density at radius 1 is 1.21 bits per heavy atom. The van der Waals surface area contributed by atoms with Crippen LogP contribution in [-0.2, 0) is 9.53 Å². The van der Waals surface area contributed by atoms with E-state index in [4.69, 9.17) is 10.5 Å². The van der Waals surface area contributed by atoms with E-state index < -0.39 is 17.6 Å². The molecule has 0 radical (unpaired) electrons. The zero-order chi connectivity index (χ0) is 20.5. The number of hydrogen-bond donors (Lipinski definition) is 2. The van der Waals surface area contributed by atoms with Gasteiger partial charge in [-0.3, -0.25) is 9.59 Å². The van der Waals surface area contributed by atoms with Gasteiger partial charge < -0.3 is 20.7 Å². The third kappa shape index (κ3) is 4.57. The Kier molecular flexibility index (Phi) is 5.22. The Bertz CT molecular complexity index is 935. The molecule has 3 amide bonds. The van der Waals surface area contributed by atoms with Gasteiger partial charge >= 0.3 is 6.09 Å². The highest BCUT2D eigenvalue weighted by Gasteiger charge is 2.33. The Labute approximate surface area is 163 Å². The van der Waals surface area contributed by atoms with Crippen LogP contribution in [0.25, 0.3) is 10.8 Å². The molecule has 1 aliphatic heterocycles. The van der Waals surface area contributed by atoms with Crippen LogP contribution in [0.2, 0.25) is 0 Å². The number of fused-ring (bicyclic) bond motifs is 1. The Hall–Kier alpha value is -3.16. The topological polar surface area (TPSA) is 115 Å². The van der Waals surface area contributed by atoms with Crippen molar-refractivity contribution in [2.24, 2.45) is 11.7 Å². The van der Waals surface area contributed by atoms with Gasteiger partial charge in [0.2, 0.25) is 11.8 Å². The van der Waals surface area contributed by atoms with Gasteiger partial charge in [-0.05, 0) is 50.8 Å². The molecule has 1 fully saturated rings. The van der Waals surface area contributed by atoms with Crippen LogP contribution in [0, 0.1) is 5.92 Å². The molecule has 0 unspecified atom stereocenters. The number of anilines is 1. The standard InChI is InChI=1S/C20H24N4O4/c1-20(2,3)28-19(27)24-7-6-14(11-24)18(26)23-16-9-15-8-12(17(21)25)4-5-13(15)10-22-16/h4-5,8-10,14H,6-7,11H2,1-3H3,(H2,21,25)(H,22,23,26)/t14-/m0/s1. The Morgan fingerprint density at radius 2 is 1.96 bits per heavy atom. The molecule has 2 aromatic rings. The summed E-state index contributed by atoms with van der Waals surface area (Å²) < 4.78 is 5.35.